The molecule has 0 aliphatic heterocycles. The average molecular weight is 253 g/mol. The van der Waals surface area contributed by atoms with Crippen molar-refractivity contribution in [3.63, 3.8) is 0 Å². The molecule has 0 spiro atoms. The number of hydrogen-bond acceptors (Lipinski definition) is 2. The maximum atomic E-state index is 10.9. The standard InChI is InChI=1S/C15H27NO2/c1-3-10-16(12-13(2)15(17)18)11-9-14-7-5-4-6-8-14/h7,13H,3-6,8-12H2,1-2H3,(H,17,18). The summed E-state index contributed by atoms with van der Waals surface area (Å²) in [6.45, 7) is 6.64. The maximum Gasteiger partial charge on any atom is 0.307 e. The fourth-order valence-electron chi connectivity index (χ4n) is 2.51. The molecule has 104 valence electrons. The predicted molar refractivity (Wildman–Crippen MR) is 74.7 cm³/mol. The molecule has 0 radical (unpaired) electrons. The zero-order valence-corrected chi connectivity index (χ0v) is 11.8. The van der Waals surface area contributed by atoms with E-state index in [4.69, 9.17) is 5.11 Å². The minimum Gasteiger partial charge on any atom is -0.481 e. The fraction of sp³-hybridized carbons (Fsp3) is 0.800. The van der Waals surface area contributed by atoms with Crippen molar-refractivity contribution in [1.82, 2.24) is 4.90 Å². The van der Waals surface area contributed by atoms with Crippen molar-refractivity contribution >= 4 is 5.97 Å². The zero-order chi connectivity index (χ0) is 13.4. The van der Waals surface area contributed by atoms with Crippen molar-refractivity contribution in [3.05, 3.63) is 11.6 Å². The number of rotatable bonds is 8. The van der Waals surface area contributed by atoms with E-state index < -0.39 is 5.97 Å². The Bertz CT molecular complexity index is 286. The largest absolute Gasteiger partial charge is 0.481 e. The predicted octanol–water partition coefficient (Wildman–Crippen LogP) is 3.31. The molecular formula is C15H27NO2. The molecule has 0 bridgehead atoms. The number of allylic oxidation sites excluding steroid dienone is 1. The van der Waals surface area contributed by atoms with Gasteiger partial charge in [-0.2, -0.15) is 0 Å². The lowest BCUT2D eigenvalue weighted by molar-refractivity contribution is -0.141. The Morgan fingerprint density at radius 3 is 2.78 bits per heavy atom. The van der Waals surface area contributed by atoms with E-state index in [0.29, 0.717) is 6.54 Å². The summed E-state index contributed by atoms with van der Waals surface area (Å²) >= 11 is 0. The van der Waals surface area contributed by atoms with Crippen LogP contribution in [-0.4, -0.2) is 35.6 Å². The van der Waals surface area contributed by atoms with Crippen LogP contribution in [0.25, 0.3) is 0 Å². The number of aliphatic carboxylic acids is 1. The van der Waals surface area contributed by atoms with E-state index >= 15 is 0 Å². The number of hydrogen-bond donors (Lipinski definition) is 1. The zero-order valence-electron chi connectivity index (χ0n) is 11.8. The lowest BCUT2D eigenvalue weighted by Crippen LogP contribution is -2.33. The van der Waals surface area contributed by atoms with Gasteiger partial charge in [-0.15, -0.1) is 0 Å². The third-order valence-corrected chi connectivity index (χ3v) is 3.63. The number of carboxylic acid groups (broad SMARTS) is 1. The van der Waals surface area contributed by atoms with Crippen LogP contribution in [0.15, 0.2) is 11.6 Å². The second-order valence-corrected chi connectivity index (χ2v) is 5.40. The molecule has 1 unspecified atom stereocenters. The molecule has 0 aromatic rings. The van der Waals surface area contributed by atoms with Crippen LogP contribution in [0.4, 0.5) is 0 Å². The lowest BCUT2D eigenvalue weighted by Gasteiger charge is -2.24. The Labute approximate surface area is 111 Å². The molecule has 3 heteroatoms. The molecule has 0 saturated carbocycles. The summed E-state index contributed by atoms with van der Waals surface area (Å²) in [7, 11) is 0. The summed E-state index contributed by atoms with van der Waals surface area (Å²) in [5.74, 6) is -0.954. The van der Waals surface area contributed by atoms with Crippen LogP contribution in [0.3, 0.4) is 0 Å². The van der Waals surface area contributed by atoms with Crippen molar-refractivity contribution < 1.29 is 9.90 Å². The monoisotopic (exact) mass is 253 g/mol. The fourth-order valence-corrected chi connectivity index (χ4v) is 2.51. The molecule has 1 atom stereocenters. The quantitative estimate of drug-likeness (QED) is 0.675. The van der Waals surface area contributed by atoms with Crippen LogP contribution >= 0.6 is 0 Å². The van der Waals surface area contributed by atoms with Gasteiger partial charge in [0, 0.05) is 13.1 Å². The minimum absolute atomic E-state index is 0.267. The Balaban J connectivity index is 2.36. The smallest absolute Gasteiger partial charge is 0.307 e. The lowest BCUT2D eigenvalue weighted by atomic mass is 9.97. The van der Waals surface area contributed by atoms with Crippen LogP contribution in [0, 0.1) is 5.92 Å². The van der Waals surface area contributed by atoms with Crippen molar-refractivity contribution in [2.24, 2.45) is 5.92 Å². The summed E-state index contributed by atoms with van der Waals surface area (Å²) in [5, 5.41) is 8.98. The Morgan fingerprint density at radius 2 is 2.22 bits per heavy atom. The van der Waals surface area contributed by atoms with Crippen LogP contribution in [0.5, 0.6) is 0 Å². The first-order valence-electron chi connectivity index (χ1n) is 7.26. The highest BCUT2D eigenvalue weighted by atomic mass is 16.4. The van der Waals surface area contributed by atoms with Gasteiger partial charge in [-0.3, -0.25) is 4.79 Å². The minimum atomic E-state index is -0.687. The Kier molecular flexibility index (Phi) is 7.02. The number of carbonyl (C=O) groups is 1. The van der Waals surface area contributed by atoms with Crippen molar-refractivity contribution in [2.45, 2.75) is 52.4 Å². The summed E-state index contributed by atoms with van der Waals surface area (Å²) < 4.78 is 0. The third-order valence-electron chi connectivity index (χ3n) is 3.63. The van der Waals surface area contributed by atoms with Gasteiger partial charge in [-0.25, -0.2) is 0 Å². The highest BCUT2D eigenvalue weighted by Gasteiger charge is 2.16. The van der Waals surface area contributed by atoms with Gasteiger partial charge in [-0.1, -0.05) is 25.5 Å². The highest BCUT2D eigenvalue weighted by molar-refractivity contribution is 5.69. The normalized spacial score (nSPS) is 17.6. The molecule has 1 aliphatic rings. The Morgan fingerprint density at radius 1 is 1.44 bits per heavy atom. The van der Waals surface area contributed by atoms with Gasteiger partial charge < -0.3 is 10.0 Å². The molecule has 18 heavy (non-hydrogen) atoms. The average Bonchev–Trinajstić information content (AvgIpc) is 2.37. The van der Waals surface area contributed by atoms with E-state index in [0.717, 1.165) is 25.9 Å². The molecule has 1 N–H and O–H groups in total. The molecule has 3 nitrogen and oxygen atoms in total. The highest BCUT2D eigenvalue weighted by Crippen LogP contribution is 2.20. The van der Waals surface area contributed by atoms with Crippen LogP contribution < -0.4 is 0 Å². The van der Waals surface area contributed by atoms with Gasteiger partial charge in [0.2, 0.25) is 0 Å². The molecule has 0 aromatic heterocycles. The van der Waals surface area contributed by atoms with Gasteiger partial charge in [0.25, 0.3) is 0 Å². The van der Waals surface area contributed by atoms with E-state index in [9.17, 15) is 4.79 Å². The van der Waals surface area contributed by atoms with Gasteiger partial charge in [0.15, 0.2) is 0 Å². The molecule has 1 rings (SSSR count). The molecule has 0 heterocycles. The van der Waals surface area contributed by atoms with Gasteiger partial charge in [0.05, 0.1) is 5.92 Å². The van der Waals surface area contributed by atoms with Crippen molar-refractivity contribution in [2.75, 3.05) is 19.6 Å². The first kappa shape index (κ1) is 15.2. The topological polar surface area (TPSA) is 40.5 Å². The van der Waals surface area contributed by atoms with E-state index in [2.05, 4.69) is 17.9 Å². The number of nitrogens with zero attached hydrogens (tertiary/aromatic N) is 1. The number of carboxylic acids is 1. The second kappa shape index (κ2) is 8.30. The first-order chi connectivity index (χ1) is 8.63. The summed E-state index contributed by atoms with van der Waals surface area (Å²) in [4.78, 5) is 13.2. The van der Waals surface area contributed by atoms with Crippen molar-refractivity contribution in [1.29, 1.82) is 0 Å². The Hall–Kier alpha value is -0.830. The van der Waals surface area contributed by atoms with Crippen molar-refractivity contribution in [3.8, 4) is 0 Å². The SMILES string of the molecule is CCCN(CCC1=CCCCC1)CC(C)C(=O)O. The molecule has 0 saturated heterocycles. The third kappa shape index (κ3) is 5.67. The van der Waals surface area contributed by atoms with E-state index in [1.54, 1.807) is 12.5 Å². The molecular weight excluding hydrogens is 226 g/mol. The van der Waals surface area contributed by atoms with Gasteiger partial charge in [0.1, 0.15) is 0 Å². The van der Waals surface area contributed by atoms with Crippen LogP contribution in [0.1, 0.15) is 52.4 Å². The van der Waals surface area contributed by atoms with E-state index in [1.807, 2.05) is 0 Å². The van der Waals surface area contributed by atoms with Gasteiger partial charge >= 0.3 is 5.97 Å². The summed E-state index contributed by atoms with van der Waals surface area (Å²) in [6, 6.07) is 0. The van der Waals surface area contributed by atoms with E-state index in [-0.39, 0.29) is 5.92 Å². The van der Waals surface area contributed by atoms with E-state index in [1.165, 1.54) is 25.7 Å². The van der Waals surface area contributed by atoms with Crippen LogP contribution in [0.2, 0.25) is 0 Å². The first-order valence-corrected chi connectivity index (χ1v) is 7.26. The molecule has 0 fully saturated rings. The molecule has 1 aliphatic carbocycles. The van der Waals surface area contributed by atoms with Crippen LogP contribution in [-0.2, 0) is 4.79 Å². The summed E-state index contributed by atoms with van der Waals surface area (Å²) in [6.07, 6.45) is 9.72. The molecule has 0 aromatic carbocycles. The second-order valence-electron chi connectivity index (χ2n) is 5.40. The summed E-state index contributed by atoms with van der Waals surface area (Å²) in [5.41, 5.74) is 1.57. The van der Waals surface area contributed by atoms with Gasteiger partial charge in [-0.05, 0) is 45.1 Å². The molecule has 0 amide bonds. The maximum absolute atomic E-state index is 10.9.